The Morgan fingerprint density at radius 3 is 3.10 bits per heavy atom. The molecule has 2 aromatic rings. The number of hydrogen-bond donors (Lipinski definition) is 3. The quantitative estimate of drug-likeness (QED) is 0.714. The first-order valence-electron chi connectivity index (χ1n) is 6.05. The minimum absolute atomic E-state index is 0.230. The van der Waals surface area contributed by atoms with Crippen molar-refractivity contribution in [3.8, 4) is 11.8 Å². The molecule has 1 unspecified atom stereocenters. The summed E-state index contributed by atoms with van der Waals surface area (Å²) in [5.74, 6) is 5.65. The number of hydrogen-bond acceptors (Lipinski definition) is 4. The Labute approximate surface area is 116 Å². The smallest absolute Gasteiger partial charge is 0.253 e. The Kier molecular flexibility index (Phi) is 4.47. The lowest BCUT2D eigenvalue weighted by Gasteiger charge is -2.11. The Morgan fingerprint density at radius 2 is 2.40 bits per heavy atom. The number of carbonyl (C=O) groups is 1. The van der Waals surface area contributed by atoms with Crippen LogP contribution in [0.3, 0.4) is 0 Å². The second-order valence-corrected chi connectivity index (χ2v) is 4.09. The second-order valence-electron chi connectivity index (χ2n) is 4.09. The zero-order valence-electron chi connectivity index (χ0n) is 10.9. The topological polar surface area (TPSA) is 90.9 Å². The average molecular weight is 270 g/mol. The van der Waals surface area contributed by atoms with E-state index in [0.29, 0.717) is 17.0 Å². The molecular formula is C14H14N4O2. The number of aromatic nitrogens is 3. The van der Waals surface area contributed by atoms with Crippen LogP contribution in [0.2, 0.25) is 0 Å². The molecule has 2 rings (SSSR count). The highest BCUT2D eigenvalue weighted by Crippen LogP contribution is 2.08. The van der Waals surface area contributed by atoms with Crippen LogP contribution in [-0.4, -0.2) is 32.6 Å². The highest BCUT2D eigenvalue weighted by Gasteiger charge is 2.13. The van der Waals surface area contributed by atoms with Crippen molar-refractivity contribution >= 4 is 5.91 Å². The lowest BCUT2D eigenvalue weighted by molar-refractivity contribution is 0.0938. The van der Waals surface area contributed by atoms with Gasteiger partial charge < -0.3 is 15.4 Å². The third kappa shape index (κ3) is 3.43. The molecule has 0 fully saturated rings. The van der Waals surface area contributed by atoms with Gasteiger partial charge >= 0.3 is 0 Å². The van der Waals surface area contributed by atoms with Crippen molar-refractivity contribution in [2.45, 2.75) is 13.0 Å². The van der Waals surface area contributed by atoms with E-state index < -0.39 is 0 Å². The van der Waals surface area contributed by atoms with Crippen LogP contribution in [-0.2, 0) is 0 Å². The summed E-state index contributed by atoms with van der Waals surface area (Å²) in [6.45, 7) is 1.60. The van der Waals surface area contributed by atoms with Crippen LogP contribution in [0, 0.1) is 11.8 Å². The molecule has 0 saturated heterocycles. The minimum Gasteiger partial charge on any atom is -0.384 e. The molecule has 6 nitrogen and oxygen atoms in total. The van der Waals surface area contributed by atoms with E-state index in [0.717, 1.165) is 0 Å². The first kappa shape index (κ1) is 13.8. The van der Waals surface area contributed by atoms with Gasteiger partial charge in [0.05, 0.1) is 11.6 Å². The number of aliphatic hydroxyl groups is 1. The first-order valence-corrected chi connectivity index (χ1v) is 6.05. The lowest BCUT2D eigenvalue weighted by Crippen LogP contribution is -2.27. The molecule has 0 aliphatic carbocycles. The SMILES string of the molecule is CC(NC(=O)c1cncc(C#CCO)c1)c1ncc[nH]1. The summed E-state index contributed by atoms with van der Waals surface area (Å²) < 4.78 is 0. The van der Waals surface area contributed by atoms with Gasteiger partial charge in [0.25, 0.3) is 5.91 Å². The molecule has 3 N–H and O–H groups in total. The van der Waals surface area contributed by atoms with Crippen LogP contribution in [0.15, 0.2) is 30.9 Å². The largest absolute Gasteiger partial charge is 0.384 e. The Hall–Kier alpha value is -2.65. The molecule has 2 aromatic heterocycles. The zero-order chi connectivity index (χ0) is 14.4. The monoisotopic (exact) mass is 270 g/mol. The molecule has 0 saturated carbocycles. The number of aliphatic hydroxyl groups excluding tert-OH is 1. The summed E-state index contributed by atoms with van der Waals surface area (Å²) in [7, 11) is 0. The van der Waals surface area contributed by atoms with E-state index in [9.17, 15) is 4.79 Å². The van der Waals surface area contributed by atoms with Crippen molar-refractivity contribution in [2.24, 2.45) is 0 Å². The number of H-pyrrole nitrogens is 1. The van der Waals surface area contributed by atoms with Gasteiger partial charge in [0.2, 0.25) is 0 Å². The number of aromatic amines is 1. The van der Waals surface area contributed by atoms with Gasteiger partial charge in [-0.15, -0.1) is 0 Å². The predicted octanol–water partition coefficient (Wildman–Crippen LogP) is 0.639. The van der Waals surface area contributed by atoms with Gasteiger partial charge in [0, 0.05) is 30.4 Å². The van der Waals surface area contributed by atoms with Gasteiger partial charge in [-0.05, 0) is 13.0 Å². The average Bonchev–Trinajstić information content (AvgIpc) is 2.99. The number of carbonyl (C=O) groups excluding carboxylic acids is 1. The minimum atomic E-state index is -0.256. The summed E-state index contributed by atoms with van der Waals surface area (Å²) in [5, 5.41) is 11.5. The molecule has 102 valence electrons. The Balaban J connectivity index is 2.09. The molecule has 20 heavy (non-hydrogen) atoms. The lowest BCUT2D eigenvalue weighted by atomic mass is 10.2. The van der Waals surface area contributed by atoms with Gasteiger partial charge in [0.1, 0.15) is 12.4 Å². The van der Waals surface area contributed by atoms with Gasteiger partial charge in [-0.25, -0.2) is 4.98 Å². The Bertz CT molecular complexity index is 641. The summed E-state index contributed by atoms with van der Waals surface area (Å²) in [6, 6.07) is 1.39. The molecule has 0 aliphatic heterocycles. The molecule has 0 aromatic carbocycles. The molecule has 0 spiro atoms. The number of amides is 1. The molecule has 0 bridgehead atoms. The predicted molar refractivity (Wildman–Crippen MR) is 72.7 cm³/mol. The van der Waals surface area contributed by atoms with Gasteiger partial charge in [0.15, 0.2) is 0 Å². The van der Waals surface area contributed by atoms with Gasteiger partial charge in [-0.1, -0.05) is 11.8 Å². The summed E-state index contributed by atoms with van der Waals surface area (Å²) in [4.78, 5) is 23.1. The van der Waals surface area contributed by atoms with Crippen LogP contribution in [0.4, 0.5) is 0 Å². The van der Waals surface area contributed by atoms with Crippen molar-refractivity contribution < 1.29 is 9.90 Å². The van der Waals surface area contributed by atoms with E-state index in [2.05, 4.69) is 32.1 Å². The third-order valence-corrected chi connectivity index (χ3v) is 2.59. The fraction of sp³-hybridized carbons (Fsp3) is 0.214. The maximum absolute atomic E-state index is 12.1. The van der Waals surface area contributed by atoms with Crippen molar-refractivity contribution in [3.63, 3.8) is 0 Å². The van der Waals surface area contributed by atoms with Crippen molar-refractivity contribution in [3.05, 3.63) is 47.8 Å². The molecule has 1 atom stereocenters. The maximum Gasteiger partial charge on any atom is 0.253 e. The summed E-state index contributed by atoms with van der Waals surface area (Å²) in [5.41, 5.74) is 0.991. The van der Waals surface area contributed by atoms with E-state index in [-0.39, 0.29) is 18.6 Å². The van der Waals surface area contributed by atoms with Gasteiger partial charge in [-0.3, -0.25) is 9.78 Å². The van der Waals surface area contributed by atoms with Crippen molar-refractivity contribution in [2.75, 3.05) is 6.61 Å². The third-order valence-electron chi connectivity index (χ3n) is 2.59. The van der Waals surface area contributed by atoms with Crippen LogP contribution in [0.1, 0.15) is 34.7 Å². The molecule has 0 radical (unpaired) electrons. The molecule has 6 heteroatoms. The molecule has 1 amide bonds. The van der Waals surface area contributed by atoms with E-state index in [1.165, 1.54) is 12.4 Å². The highest BCUT2D eigenvalue weighted by atomic mass is 16.2. The second kappa shape index (κ2) is 6.50. The van der Waals surface area contributed by atoms with E-state index in [1.807, 2.05) is 6.92 Å². The van der Waals surface area contributed by atoms with E-state index >= 15 is 0 Å². The van der Waals surface area contributed by atoms with Gasteiger partial charge in [-0.2, -0.15) is 0 Å². The standard InChI is InChI=1S/C14H14N4O2/c1-10(13-16-4-5-17-13)18-14(20)12-7-11(3-2-6-19)8-15-9-12/h4-5,7-10,19H,6H2,1H3,(H,16,17)(H,18,20). The number of nitrogens with zero attached hydrogens (tertiary/aromatic N) is 2. The molecule has 2 heterocycles. The number of imidazole rings is 1. The van der Waals surface area contributed by atoms with Crippen molar-refractivity contribution in [1.82, 2.24) is 20.3 Å². The van der Waals surface area contributed by atoms with Crippen LogP contribution in [0.5, 0.6) is 0 Å². The summed E-state index contributed by atoms with van der Waals surface area (Å²) >= 11 is 0. The van der Waals surface area contributed by atoms with Crippen molar-refractivity contribution in [1.29, 1.82) is 0 Å². The normalized spacial score (nSPS) is 11.3. The van der Waals surface area contributed by atoms with Crippen LogP contribution >= 0.6 is 0 Å². The molecule has 0 aliphatic rings. The summed E-state index contributed by atoms with van der Waals surface area (Å²) in [6.07, 6.45) is 6.33. The molecular weight excluding hydrogens is 256 g/mol. The Morgan fingerprint density at radius 1 is 1.55 bits per heavy atom. The van der Waals surface area contributed by atoms with E-state index in [1.54, 1.807) is 18.5 Å². The number of rotatable bonds is 3. The first-order chi connectivity index (χ1) is 9.70. The fourth-order valence-corrected chi connectivity index (χ4v) is 1.64. The van der Waals surface area contributed by atoms with E-state index in [4.69, 9.17) is 5.11 Å². The number of pyridine rings is 1. The highest BCUT2D eigenvalue weighted by molar-refractivity contribution is 5.94. The maximum atomic E-state index is 12.1. The number of nitrogens with one attached hydrogen (secondary N) is 2. The van der Waals surface area contributed by atoms with Crippen LogP contribution < -0.4 is 5.32 Å². The zero-order valence-corrected chi connectivity index (χ0v) is 10.9. The fourth-order valence-electron chi connectivity index (χ4n) is 1.64. The van der Waals surface area contributed by atoms with Crippen LogP contribution in [0.25, 0.3) is 0 Å².